The Kier molecular flexibility index (Phi) is 6.32. The van der Waals surface area contributed by atoms with E-state index in [2.05, 4.69) is 0 Å². The van der Waals surface area contributed by atoms with Crippen molar-refractivity contribution in [2.24, 2.45) is 5.73 Å². The summed E-state index contributed by atoms with van der Waals surface area (Å²) in [6.45, 7) is 0.270. The minimum absolute atomic E-state index is 0.0141. The summed E-state index contributed by atoms with van der Waals surface area (Å²) >= 11 is 0. The smallest absolute Gasteiger partial charge is 0.264 e. The Bertz CT molecular complexity index is 942. The maximum Gasteiger partial charge on any atom is 0.264 e. The van der Waals surface area contributed by atoms with Crippen molar-refractivity contribution < 1.29 is 22.8 Å². The first-order chi connectivity index (χ1) is 12.7. The van der Waals surface area contributed by atoms with E-state index in [1.165, 1.54) is 43.3 Å². The summed E-state index contributed by atoms with van der Waals surface area (Å²) in [5, 5.41) is 0. The molecule has 2 rings (SSSR count). The minimum Gasteiger partial charge on any atom is -0.366 e. The molecule has 144 valence electrons. The Labute approximate surface area is 158 Å². The molecule has 0 heterocycles. The number of rotatable bonds is 7. The molecule has 2 aromatic carbocycles. The third-order valence-electron chi connectivity index (χ3n) is 3.97. The third kappa shape index (κ3) is 4.70. The van der Waals surface area contributed by atoms with Crippen LogP contribution in [0.4, 0.5) is 0 Å². The fourth-order valence-corrected chi connectivity index (χ4v) is 3.38. The van der Waals surface area contributed by atoms with Gasteiger partial charge in [0.25, 0.3) is 15.9 Å². The van der Waals surface area contributed by atoms with Crippen LogP contribution >= 0.6 is 0 Å². The van der Waals surface area contributed by atoms with Crippen molar-refractivity contribution in [3.63, 3.8) is 0 Å². The van der Waals surface area contributed by atoms with Crippen LogP contribution in [0.5, 0.6) is 0 Å². The third-order valence-corrected chi connectivity index (χ3v) is 5.67. The van der Waals surface area contributed by atoms with Gasteiger partial charge in [-0.25, -0.2) is 8.42 Å². The number of hydrogen-bond donors (Lipinski definition) is 1. The van der Waals surface area contributed by atoms with E-state index >= 15 is 0 Å². The molecule has 0 atom stereocenters. The topological polar surface area (TPSA) is 110 Å². The molecule has 0 aliphatic rings. The van der Waals surface area contributed by atoms with E-state index in [0.717, 1.165) is 10.0 Å². The number of hydroxylamine groups is 1. The lowest BCUT2D eigenvalue weighted by Gasteiger charge is -2.18. The molecule has 0 unspecified atom stereocenters. The zero-order chi connectivity index (χ0) is 20.2. The highest BCUT2D eigenvalue weighted by atomic mass is 32.2. The SMILES string of the molecule is CON(C)S(=O)(=O)c1ccc(C(=O)N(C)Cc2cccc(C(N)=O)c2)cc1. The van der Waals surface area contributed by atoms with Gasteiger partial charge in [-0.2, -0.15) is 0 Å². The molecule has 0 spiro atoms. The highest BCUT2D eigenvalue weighted by molar-refractivity contribution is 7.89. The van der Waals surface area contributed by atoms with Crippen LogP contribution in [0.2, 0.25) is 0 Å². The lowest BCUT2D eigenvalue weighted by molar-refractivity contribution is -0.0258. The standard InChI is InChI=1S/C18H21N3O5S/c1-20(12-13-5-4-6-15(11-13)17(19)22)18(23)14-7-9-16(10-8-14)27(24,25)21(2)26-3/h4-11H,12H2,1-3H3,(H2,19,22). The van der Waals surface area contributed by atoms with Gasteiger partial charge in [-0.15, -0.1) is 0 Å². The van der Waals surface area contributed by atoms with Crippen molar-refractivity contribution in [3.05, 3.63) is 65.2 Å². The number of sulfonamides is 1. The van der Waals surface area contributed by atoms with E-state index in [1.807, 2.05) is 0 Å². The predicted molar refractivity (Wildman–Crippen MR) is 99.2 cm³/mol. The van der Waals surface area contributed by atoms with Crippen LogP contribution in [0.15, 0.2) is 53.4 Å². The number of hydrogen-bond acceptors (Lipinski definition) is 5. The van der Waals surface area contributed by atoms with E-state index in [1.54, 1.807) is 31.3 Å². The molecule has 27 heavy (non-hydrogen) atoms. The number of carbonyl (C=O) groups excluding carboxylic acids is 2. The van der Waals surface area contributed by atoms with Crippen LogP contribution in [-0.2, 0) is 21.4 Å². The molecule has 8 nitrogen and oxygen atoms in total. The van der Waals surface area contributed by atoms with Gasteiger partial charge in [-0.05, 0) is 42.0 Å². The Morgan fingerprint density at radius 1 is 1.04 bits per heavy atom. The van der Waals surface area contributed by atoms with Crippen molar-refractivity contribution in [1.82, 2.24) is 9.37 Å². The first kappa shape index (κ1) is 20.6. The van der Waals surface area contributed by atoms with E-state index in [9.17, 15) is 18.0 Å². The van der Waals surface area contributed by atoms with Gasteiger partial charge in [-0.1, -0.05) is 16.6 Å². The monoisotopic (exact) mass is 391 g/mol. The number of primary amides is 1. The highest BCUT2D eigenvalue weighted by Gasteiger charge is 2.21. The lowest BCUT2D eigenvalue weighted by Crippen LogP contribution is -2.27. The van der Waals surface area contributed by atoms with E-state index in [0.29, 0.717) is 11.1 Å². The number of carbonyl (C=O) groups is 2. The van der Waals surface area contributed by atoms with Crippen molar-refractivity contribution in [2.45, 2.75) is 11.4 Å². The molecule has 9 heteroatoms. The van der Waals surface area contributed by atoms with Crippen molar-refractivity contribution in [2.75, 3.05) is 21.2 Å². The van der Waals surface area contributed by atoms with E-state index in [-0.39, 0.29) is 17.3 Å². The first-order valence-corrected chi connectivity index (χ1v) is 9.38. The average molecular weight is 391 g/mol. The summed E-state index contributed by atoms with van der Waals surface area (Å²) in [6, 6.07) is 12.3. The number of nitrogens with zero attached hydrogens (tertiary/aromatic N) is 2. The fraction of sp³-hybridized carbons (Fsp3) is 0.222. The molecule has 0 radical (unpaired) electrons. The molecular formula is C18H21N3O5S. The van der Waals surface area contributed by atoms with Crippen molar-refractivity contribution in [1.29, 1.82) is 0 Å². The molecule has 0 saturated heterocycles. The quantitative estimate of drug-likeness (QED) is 0.714. The minimum atomic E-state index is -3.77. The molecule has 0 aliphatic heterocycles. The summed E-state index contributed by atoms with van der Waals surface area (Å²) in [5.74, 6) is -0.827. The summed E-state index contributed by atoms with van der Waals surface area (Å²) in [6.07, 6.45) is 0. The van der Waals surface area contributed by atoms with Gasteiger partial charge in [0.1, 0.15) is 0 Å². The van der Waals surface area contributed by atoms with E-state index < -0.39 is 15.9 Å². The predicted octanol–water partition coefficient (Wildman–Crippen LogP) is 1.24. The van der Waals surface area contributed by atoms with Gasteiger partial charge in [0.15, 0.2) is 0 Å². The first-order valence-electron chi connectivity index (χ1n) is 7.94. The molecule has 2 aromatic rings. The van der Waals surface area contributed by atoms with Gasteiger partial charge in [0, 0.05) is 31.8 Å². The molecule has 0 aromatic heterocycles. The van der Waals surface area contributed by atoms with Gasteiger partial charge < -0.3 is 10.6 Å². The molecular weight excluding hydrogens is 370 g/mol. The van der Waals surface area contributed by atoms with Crippen LogP contribution in [0, 0.1) is 0 Å². The normalized spacial score (nSPS) is 11.4. The second kappa shape index (κ2) is 8.30. The van der Waals surface area contributed by atoms with Crippen LogP contribution in [0.25, 0.3) is 0 Å². The number of nitrogens with two attached hydrogens (primary N) is 1. The second-order valence-corrected chi connectivity index (χ2v) is 7.78. The van der Waals surface area contributed by atoms with E-state index in [4.69, 9.17) is 10.6 Å². The Hall–Kier alpha value is -2.75. The largest absolute Gasteiger partial charge is 0.366 e. The van der Waals surface area contributed by atoms with Gasteiger partial charge in [0.2, 0.25) is 5.91 Å². The van der Waals surface area contributed by atoms with Crippen LogP contribution in [0.3, 0.4) is 0 Å². The summed E-state index contributed by atoms with van der Waals surface area (Å²) in [7, 11) is 0.371. The average Bonchev–Trinajstić information content (AvgIpc) is 2.66. The molecule has 0 fully saturated rings. The molecule has 2 amide bonds. The number of amides is 2. The summed E-state index contributed by atoms with van der Waals surface area (Å²) in [4.78, 5) is 30.0. The van der Waals surface area contributed by atoms with Crippen molar-refractivity contribution in [3.8, 4) is 0 Å². The molecule has 0 aliphatic carbocycles. The summed E-state index contributed by atoms with van der Waals surface area (Å²) < 4.78 is 25.1. The second-order valence-electron chi connectivity index (χ2n) is 5.85. The van der Waals surface area contributed by atoms with Crippen LogP contribution in [0.1, 0.15) is 26.3 Å². The van der Waals surface area contributed by atoms with Crippen LogP contribution < -0.4 is 5.73 Å². The molecule has 0 saturated carbocycles. The van der Waals surface area contributed by atoms with Gasteiger partial charge in [0.05, 0.1) is 12.0 Å². The Balaban J connectivity index is 2.15. The number of benzene rings is 2. The van der Waals surface area contributed by atoms with Crippen molar-refractivity contribution >= 4 is 21.8 Å². The Morgan fingerprint density at radius 2 is 1.67 bits per heavy atom. The van der Waals surface area contributed by atoms with Gasteiger partial charge in [-0.3, -0.25) is 14.4 Å². The molecule has 2 N–H and O–H groups in total. The lowest BCUT2D eigenvalue weighted by atomic mass is 10.1. The van der Waals surface area contributed by atoms with Gasteiger partial charge >= 0.3 is 0 Å². The highest BCUT2D eigenvalue weighted by Crippen LogP contribution is 2.17. The zero-order valence-electron chi connectivity index (χ0n) is 15.2. The fourth-order valence-electron chi connectivity index (χ4n) is 2.41. The molecule has 0 bridgehead atoms. The zero-order valence-corrected chi connectivity index (χ0v) is 16.1. The Morgan fingerprint density at radius 3 is 2.22 bits per heavy atom. The van der Waals surface area contributed by atoms with Crippen LogP contribution in [-0.4, -0.2) is 50.8 Å². The maximum absolute atomic E-state index is 12.6. The maximum atomic E-state index is 12.6. The summed E-state index contributed by atoms with van der Waals surface area (Å²) in [5.41, 5.74) is 6.72.